The van der Waals surface area contributed by atoms with E-state index in [2.05, 4.69) is 5.32 Å². The average Bonchev–Trinajstić information content (AvgIpc) is 2.73. The summed E-state index contributed by atoms with van der Waals surface area (Å²) in [5.41, 5.74) is 0.948. The van der Waals surface area contributed by atoms with Gasteiger partial charge in [0, 0.05) is 18.0 Å². The fourth-order valence-electron chi connectivity index (χ4n) is 1.52. The Kier molecular flexibility index (Phi) is 2.99. The predicted molar refractivity (Wildman–Crippen MR) is 59.2 cm³/mol. The summed E-state index contributed by atoms with van der Waals surface area (Å²) in [6.07, 6.45) is 0. The summed E-state index contributed by atoms with van der Waals surface area (Å²) in [5, 5.41) is 2.85. The number of para-hydroxylation sites is 1. The highest BCUT2D eigenvalue weighted by molar-refractivity contribution is 5.77. The van der Waals surface area contributed by atoms with Crippen molar-refractivity contribution in [2.45, 2.75) is 20.4 Å². The molecule has 1 aliphatic rings. The molecule has 86 valence electrons. The lowest BCUT2D eigenvalue weighted by Crippen LogP contribution is -2.27. The Morgan fingerprint density at radius 1 is 1.44 bits per heavy atom. The highest BCUT2D eigenvalue weighted by Gasteiger charge is 2.17. The summed E-state index contributed by atoms with van der Waals surface area (Å²) in [6.45, 7) is 4.46. The number of nitrogens with one attached hydrogen (secondary N) is 1. The first-order valence-corrected chi connectivity index (χ1v) is 5.33. The number of hydrogen-bond acceptors (Lipinski definition) is 3. The molecule has 0 atom stereocenters. The van der Waals surface area contributed by atoms with Crippen molar-refractivity contribution >= 4 is 5.91 Å². The lowest BCUT2D eigenvalue weighted by atomic mass is 10.1. The molecule has 0 fully saturated rings. The highest BCUT2D eigenvalue weighted by Crippen LogP contribution is 2.35. The molecule has 1 aliphatic heterocycles. The van der Waals surface area contributed by atoms with Crippen LogP contribution in [-0.4, -0.2) is 12.7 Å². The topological polar surface area (TPSA) is 47.6 Å². The van der Waals surface area contributed by atoms with Crippen LogP contribution in [0.4, 0.5) is 0 Å². The van der Waals surface area contributed by atoms with Crippen LogP contribution in [0.25, 0.3) is 0 Å². The van der Waals surface area contributed by atoms with E-state index >= 15 is 0 Å². The number of ether oxygens (including phenoxy) is 2. The summed E-state index contributed by atoms with van der Waals surface area (Å²) in [4.78, 5) is 11.4. The molecule has 2 rings (SSSR count). The van der Waals surface area contributed by atoms with Gasteiger partial charge < -0.3 is 14.8 Å². The van der Waals surface area contributed by atoms with E-state index in [4.69, 9.17) is 9.47 Å². The van der Waals surface area contributed by atoms with Crippen LogP contribution in [0.5, 0.6) is 11.5 Å². The number of rotatable bonds is 3. The first-order valence-electron chi connectivity index (χ1n) is 5.33. The summed E-state index contributed by atoms with van der Waals surface area (Å²) in [5.74, 6) is 1.52. The van der Waals surface area contributed by atoms with Crippen LogP contribution in [0, 0.1) is 5.92 Å². The zero-order valence-electron chi connectivity index (χ0n) is 9.45. The third kappa shape index (κ3) is 2.10. The van der Waals surface area contributed by atoms with Crippen molar-refractivity contribution in [1.82, 2.24) is 5.32 Å². The van der Waals surface area contributed by atoms with Gasteiger partial charge in [-0.25, -0.2) is 0 Å². The smallest absolute Gasteiger partial charge is 0.231 e. The minimum absolute atomic E-state index is 0.00562. The van der Waals surface area contributed by atoms with Gasteiger partial charge >= 0.3 is 0 Å². The van der Waals surface area contributed by atoms with E-state index in [-0.39, 0.29) is 18.6 Å². The van der Waals surface area contributed by atoms with Crippen LogP contribution >= 0.6 is 0 Å². The Bertz CT molecular complexity index is 401. The van der Waals surface area contributed by atoms with Crippen LogP contribution in [-0.2, 0) is 11.3 Å². The molecule has 4 heteroatoms. The Morgan fingerprint density at radius 2 is 2.25 bits per heavy atom. The molecule has 1 heterocycles. The summed E-state index contributed by atoms with van der Waals surface area (Å²) >= 11 is 0. The number of carbonyl (C=O) groups is 1. The Morgan fingerprint density at radius 3 is 3.00 bits per heavy atom. The number of benzene rings is 1. The van der Waals surface area contributed by atoms with Crippen LogP contribution in [0.3, 0.4) is 0 Å². The second-order valence-corrected chi connectivity index (χ2v) is 4.02. The number of fused-ring (bicyclic) bond motifs is 1. The van der Waals surface area contributed by atoms with E-state index in [0.29, 0.717) is 6.54 Å². The van der Waals surface area contributed by atoms with E-state index in [1.807, 2.05) is 32.0 Å². The van der Waals surface area contributed by atoms with Crippen LogP contribution in [0.15, 0.2) is 18.2 Å². The Hall–Kier alpha value is -1.71. The normalized spacial score (nSPS) is 12.9. The Balaban J connectivity index is 2.05. The minimum Gasteiger partial charge on any atom is -0.454 e. The van der Waals surface area contributed by atoms with Crippen molar-refractivity contribution in [2.75, 3.05) is 6.79 Å². The zero-order valence-corrected chi connectivity index (χ0v) is 9.45. The van der Waals surface area contributed by atoms with Crippen molar-refractivity contribution < 1.29 is 14.3 Å². The third-order valence-electron chi connectivity index (χ3n) is 2.46. The molecular formula is C12H15NO3. The van der Waals surface area contributed by atoms with E-state index in [1.165, 1.54) is 0 Å². The highest BCUT2D eigenvalue weighted by atomic mass is 16.7. The predicted octanol–water partition coefficient (Wildman–Crippen LogP) is 1.69. The summed E-state index contributed by atoms with van der Waals surface area (Å²) < 4.78 is 10.6. The molecule has 4 nitrogen and oxygen atoms in total. The first-order chi connectivity index (χ1) is 7.68. The molecule has 0 bridgehead atoms. The molecule has 0 saturated carbocycles. The van der Waals surface area contributed by atoms with Gasteiger partial charge in [-0.05, 0) is 6.07 Å². The van der Waals surface area contributed by atoms with Gasteiger partial charge in [-0.15, -0.1) is 0 Å². The third-order valence-corrected chi connectivity index (χ3v) is 2.46. The number of hydrogen-bond donors (Lipinski definition) is 1. The second-order valence-electron chi connectivity index (χ2n) is 4.02. The number of amides is 1. The maximum atomic E-state index is 11.4. The maximum absolute atomic E-state index is 11.4. The molecule has 0 radical (unpaired) electrons. The first kappa shape index (κ1) is 10.8. The lowest BCUT2D eigenvalue weighted by Gasteiger charge is -2.09. The molecular weight excluding hydrogens is 206 g/mol. The van der Waals surface area contributed by atoms with Gasteiger partial charge in [-0.1, -0.05) is 26.0 Å². The molecule has 0 saturated heterocycles. The monoisotopic (exact) mass is 221 g/mol. The fraction of sp³-hybridized carbons (Fsp3) is 0.417. The van der Waals surface area contributed by atoms with Crippen LogP contribution < -0.4 is 14.8 Å². The van der Waals surface area contributed by atoms with Crippen molar-refractivity contribution in [1.29, 1.82) is 0 Å². The van der Waals surface area contributed by atoms with Gasteiger partial charge in [-0.3, -0.25) is 4.79 Å². The van der Waals surface area contributed by atoms with Gasteiger partial charge in [0.15, 0.2) is 11.5 Å². The quantitative estimate of drug-likeness (QED) is 0.844. The zero-order chi connectivity index (χ0) is 11.5. The number of carbonyl (C=O) groups excluding carboxylic acids is 1. The lowest BCUT2D eigenvalue weighted by molar-refractivity contribution is -0.124. The molecule has 0 spiro atoms. The molecule has 0 unspecified atom stereocenters. The molecule has 1 aromatic carbocycles. The Labute approximate surface area is 94.6 Å². The van der Waals surface area contributed by atoms with E-state index in [9.17, 15) is 4.79 Å². The van der Waals surface area contributed by atoms with Crippen molar-refractivity contribution in [3.8, 4) is 11.5 Å². The maximum Gasteiger partial charge on any atom is 0.231 e. The average molecular weight is 221 g/mol. The van der Waals surface area contributed by atoms with Gasteiger partial charge in [0.2, 0.25) is 12.7 Å². The standard InChI is InChI=1S/C12H15NO3/c1-8(2)12(14)13-6-9-4-3-5-10-11(9)16-7-15-10/h3-5,8H,6-7H2,1-2H3,(H,13,14). The van der Waals surface area contributed by atoms with Crippen LogP contribution in [0.2, 0.25) is 0 Å². The molecule has 16 heavy (non-hydrogen) atoms. The minimum atomic E-state index is -0.00562. The fourth-order valence-corrected chi connectivity index (χ4v) is 1.52. The summed E-state index contributed by atoms with van der Waals surface area (Å²) in [7, 11) is 0. The van der Waals surface area contributed by atoms with Crippen molar-refractivity contribution in [2.24, 2.45) is 5.92 Å². The molecule has 0 aliphatic carbocycles. The van der Waals surface area contributed by atoms with E-state index in [1.54, 1.807) is 0 Å². The molecule has 1 amide bonds. The molecule has 1 N–H and O–H groups in total. The van der Waals surface area contributed by atoms with Gasteiger partial charge in [0.05, 0.1) is 0 Å². The van der Waals surface area contributed by atoms with Crippen LogP contribution in [0.1, 0.15) is 19.4 Å². The van der Waals surface area contributed by atoms with Crippen molar-refractivity contribution in [3.63, 3.8) is 0 Å². The SMILES string of the molecule is CC(C)C(=O)NCc1cccc2c1OCO2. The summed E-state index contributed by atoms with van der Waals surface area (Å²) in [6, 6.07) is 5.68. The van der Waals surface area contributed by atoms with Gasteiger partial charge in [0.25, 0.3) is 0 Å². The largest absolute Gasteiger partial charge is 0.454 e. The van der Waals surface area contributed by atoms with Crippen molar-refractivity contribution in [3.05, 3.63) is 23.8 Å². The van der Waals surface area contributed by atoms with E-state index in [0.717, 1.165) is 17.1 Å². The molecule has 0 aromatic heterocycles. The molecule has 1 aromatic rings. The van der Waals surface area contributed by atoms with E-state index < -0.39 is 0 Å². The van der Waals surface area contributed by atoms with Gasteiger partial charge in [0.1, 0.15) is 0 Å². The van der Waals surface area contributed by atoms with Gasteiger partial charge in [-0.2, -0.15) is 0 Å². The second kappa shape index (κ2) is 4.43.